The number of hydrogen-bond donors (Lipinski definition) is 0. The molecule has 0 radical (unpaired) electrons. The van der Waals surface area contributed by atoms with Crippen molar-refractivity contribution in [2.45, 2.75) is 13.5 Å². The zero-order valence-corrected chi connectivity index (χ0v) is 14.2. The van der Waals surface area contributed by atoms with E-state index in [0.29, 0.717) is 19.0 Å². The summed E-state index contributed by atoms with van der Waals surface area (Å²) in [7, 11) is 1.61. The molecule has 0 aromatic heterocycles. The zero-order valence-electron chi connectivity index (χ0n) is 12.6. The van der Waals surface area contributed by atoms with Crippen LogP contribution in [0.3, 0.4) is 0 Å². The molecule has 0 bridgehead atoms. The maximum atomic E-state index is 5.47. The predicted molar refractivity (Wildman–Crippen MR) is 90.7 cm³/mol. The topological polar surface area (TPSA) is 40.0 Å². The first-order chi connectivity index (χ1) is 10.7. The van der Waals surface area contributed by atoms with Crippen molar-refractivity contribution in [3.05, 3.63) is 58.1 Å². The standard InChI is InChI=1S/C17H18BrNO3/c1-3-21-16-9-6-14(10-17(16)20-2)11-19-22-12-13-4-7-15(18)8-5-13/h4-11H,3,12H2,1-2H3/b19-11+. The first-order valence-electron chi connectivity index (χ1n) is 6.93. The molecule has 0 spiro atoms. The summed E-state index contributed by atoms with van der Waals surface area (Å²) < 4.78 is 11.8. The third-order valence-electron chi connectivity index (χ3n) is 2.91. The number of methoxy groups -OCH3 is 1. The van der Waals surface area contributed by atoms with Crippen molar-refractivity contribution in [2.75, 3.05) is 13.7 Å². The van der Waals surface area contributed by atoms with Gasteiger partial charge < -0.3 is 14.3 Å². The van der Waals surface area contributed by atoms with Gasteiger partial charge in [-0.05, 0) is 42.8 Å². The Morgan fingerprint density at radius 3 is 2.55 bits per heavy atom. The lowest BCUT2D eigenvalue weighted by atomic mass is 10.2. The van der Waals surface area contributed by atoms with E-state index >= 15 is 0 Å². The van der Waals surface area contributed by atoms with E-state index < -0.39 is 0 Å². The van der Waals surface area contributed by atoms with Crippen molar-refractivity contribution in [3.8, 4) is 11.5 Å². The van der Waals surface area contributed by atoms with Gasteiger partial charge in [-0.25, -0.2) is 0 Å². The van der Waals surface area contributed by atoms with E-state index in [1.54, 1.807) is 13.3 Å². The minimum atomic E-state index is 0.429. The largest absolute Gasteiger partial charge is 0.493 e. The Balaban J connectivity index is 1.93. The van der Waals surface area contributed by atoms with Crippen LogP contribution in [0.1, 0.15) is 18.1 Å². The Morgan fingerprint density at radius 2 is 1.86 bits per heavy atom. The minimum Gasteiger partial charge on any atom is -0.493 e. The molecule has 2 aromatic carbocycles. The molecule has 0 saturated heterocycles. The van der Waals surface area contributed by atoms with Crippen LogP contribution in [0.5, 0.6) is 11.5 Å². The van der Waals surface area contributed by atoms with Crippen LogP contribution >= 0.6 is 15.9 Å². The SMILES string of the molecule is CCOc1ccc(/C=N/OCc2ccc(Br)cc2)cc1OC. The maximum Gasteiger partial charge on any atom is 0.161 e. The van der Waals surface area contributed by atoms with Gasteiger partial charge in [0, 0.05) is 10.0 Å². The van der Waals surface area contributed by atoms with Gasteiger partial charge in [0.25, 0.3) is 0 Å². The summed E-state index contributed by atoms with van der Waals surface area (Å²) in [5.41, 5.74) is 1.95. The summed E-state index contributed by atoms with van der Waals surface area (Å²) in [6, 6.07) is 13.5. The number of nitrogens with zero attached hydrogens (tertiary/aromatic N) is 1. The Labute approximate surface area is 138 Å². The van der Waals surface area contributed by atoms with Crippen LogP contribution in [-0.4, -0.2) is 19.9 Å². The molecule has 116 valence electrons. The van der Waals surface area contributed by atoms with Gasteiger partial charge in [0.2, 0.25) is 0 Å². The Hall–Kier alpha value is -2.01. The number of oxime groups is 1. The molecule has 5 heteroatoms. The van der Waals surface area contributed by atoms with E-state index in [1.807, 2.05) is 49.4 Å². The highest BCUT2D eigenvalue weighted by molar-refractivity contribution is 9.10. The Morgan fingerprint density at radius 1 is 1.09 bits per heavy atom. The summed E-state index contributed by atoms with van der Waals surface area (Å²) in [5, 5.41) is 3.98. The normalized spacial score (nSPS) is 10.7. The molecule has 2 rings (SSSR count). The second kappa shape index (κ2) is 8.44. The third-order valence-corrected chi connectivity index (χ3v) is 3.44. The van der Waals surface area contributed by atoms with Crippen LogP contribution in [0, 0.1) is 0 Å². The lowest BCUT2D eigenvalue weighted by Gasteiger charge is -2.09. The first kappa shape index (κ1) is 16.4. The number of hydrogen-bond acceptors (Lipinski definition) is 4. The predicted octanol–water partition coefficient (Wildman–Crippen LogP) is 4.41. The number of rotatable bonds is 7. The van der Waals surface area contributed by atoms with Gasteiger partial charge in [-0.2, -0.15) is 0 Å². The van der Waals surface area contributed by atoms with E-state index in [1.165, 1.54) is 0 Å². The second-order valence-electron chi connectivity index (χ2n) is 4.48. The van der Waals surface area contributed by atoms with E-state index in [9.17, 15) is 0 Å². The van der Waals surface area contributed by atoms with E-state index in [2.05, 4.69) is 21.1 Å². The molecule has 22 heavy (non-hydrogen) atoms. The molecular formula is C17H18BrNO3. The van der Waals surface area contributed by atoms with E-state index in [4.69, 9.17) is 14.3 Å². The van der Waals surface area contributed by atoms with E-state index in [0.717, 1.165) is 21.3 Å². The molecule has 2 aromatic rings. The van der Waals surface area contributed by atoms with E-state index in [-0.39, 0.29) is 0 Å². The quantitative estimate of drug-likeness (QED) is 0.540. The summed E-state index contributed by atoms with van der Waals surface area (Å²) in [6.45, 7) is 2.96. The van der Waals surface area contributed by atoms with Crippen molar-refractivity contribution >= 4 is 22.1 Å². The van der Waals surface area contributed by atoms with Crippen molar-refractivity contribution < 1.29 is 14.3 Å². The van der Waals surface area contributed by atoms with Crippen molar-refractivity contribution in [2.24, 2.45) is 5.16 Å². The van der Waals surface area contributed by atoms with Crippen LogP contribution in [-0.2, 0) is 11.4 Å². The molecular weight excluding hydrogens is 346 g/mol. The van der Waals surface area contributed by atoms with Gasteiger partial charge in [-0.1, -0.05) is 33.2 Å². The third kappa shape index (κ3) is 4.77. The van der Waals surface area contributed by atoms with Gasteiger partial charge in [0.05, 0.1) is 19.9 Å². The Bertz CT molecular complexity index is 626. The molecule has 0 aliphatic rings. The molecule has 0 heterocycles. The fourth-order valence-corrected chi connectivity index (χ4v) is 2.09. The molecule has 0 saturated carbocycles. The summed E-state index contributed by atoms with van der Waals surface area (Å²) >= 11 is 3.40. The lowest BCUT2D eigenvalue weighted by Crippen LogP contribution is -1.96. The van der Waals surface area contributed by atoms with Gasteiger partial charge >= 0.3 is 0 Å². The van der Waals surface area contributed by atoms with Crippen LogP contribution in [0.4, 0.5) is 0 Å². The van der Waals surface area contributed by atoms with Crippen molar-refractivity contribution in [1.82, 2.24) is 0 Å². The van der Waals surface area contributed by atoms with Crippen molar-refractivity contribution in [3.63, 3.8) is 0 Å². The highest BCUT2D eigenvalue weighted by atomic mass is 79.9. The summed E-state index contributed by atoms with van der Waals surface area (Å²) in [4.78, 5) is 5.30. The van der Waals surface area contributed by atoms with Crippen LogP contribution in [0.25, 0.3) is 0 Å². The Kier molecular flexibility index (Phi) is 6.27. The number of ether oxygens (including phenoxy) is 2. The lowest BCUT2D eigenvalue weighted by molar-refractivity contribution is 0.132. The molecule has 0 amide bonds. The fourth-order valence-electron chi connectivity index (χ4n) is 1.83. The monoisotopic (exact) mass is 363 g/mol. The number of benzene rings is 2. The molecule has 0 fully saturated rings. The molecule has 0 unspecified atom stereocenters. The average Bonchev–Trinajstić information content (AvgIpc) is 2.54. The highest BCUT2D eigenvalue weighted by Gasteiger charge is 2.04. The zero-order chi connectivity index (χ0) is 15.8. The fraction of sp³-hybridized carbons (Fsp3) is 0.235. The first-order valence-corrected chi connectivity index (χ1v) is 7.73. The summed E-state index contributed by atoms with van der Waals surface area (Å²) in [6.07, 6.45) is 1.65. The minimum absolute atomic E-state index is 0.429. The molecule has 0 aliphatic heterocycles. The van der Waals surface area contributed by atoms with Crippen LogP contribution < -0.4 is 9.47 Å². The van der Waals surface area contributed by atoms with Crippen molar-refractivity contribution in [1.29, 1.82) is 0 Å². The second-order valence-corrected chi connectivity index (χ2v) is 5.39. The van der Waals surface area contributed by atoms with Crippen LogP contribution in [0.2, 0.25) is 0 Å². The molecule has 0 aliphatic carbocycles. The molecule has 4 nitrogen and oxygen atoms in total. The highest BCUT2D eigenvalue weighted by Crippen LogP contribution is 2.27. The van der Waals surface area contributed by atoms with Gasteiger partial charge in [0.1, 0.15) is 6.61 Å². The average molecular weight is 364 g/mol. The van der Waals surface area contributed by atoms with Crippen LogP contribution in [0.15, 0.2) is 52.1 Å². The number of halogens is 1. The van der Waals surface area contributed by atoms with Gasteiger partial charge in [0.15, 0.2) is 11.5 Å². The van der Waals surface area contributed by atoms with Gasteiger partial charge in [-0.3, -0.25) is 0 Å². The molecule has 0 atom stereocenters. The maximum absolute atomic E-state index is 5.47. The smallest absolute Gasteiger partial charge is 0.161 e. The van der Waals surface area contributed by atoms with Gasteiger partial charge in [-0.15, -0.1) is 0 Å². The molecule has 0 N–H and O–H groups in total. The summed E-state index contributed by atoms with van der Waals surface area (Å²) in [5.74, 6) is 1.40.